The lowest BCUT2D eigenvalue weighted by Crippen LogP contribution is -2.38. The number of aryl methyl sites for hydroxylation is 2. The van der Waals surface area contributed by atoms with E-state index in [-0.39, 0.29) is 5.79 Å². The molecular formula is C20H31NO4. The summed E-state index contributed by atoms with van der Waals surface area (Å²) >= 11 is 0. The van der Waals surface area contributed by atoms with E-state index in [9.17, 15) is 5.11 Å². The summed E-state index contributed by atoms with van der Waals surface area (Å²) in [6, 6.07) is 6.48. The van der Waals surface area contributed by atoms with Gasteiger partial charge in [-0.05, 0) is 44.2 Å². The zero-order chi connectivity index (χ0) is 17.7. The highest BCUT2D eigenvalue weighted by molar-refractivity contribution is 5.39. The number of benzene rings is 1. The molecule has 2 unspecified atom stereocenters. The number of nitrogens with one attached hydrogen (secondary N) is 1. The van der Waals surface area contributed by atoms with E-state index in [1.165, 1.54) is 0 Å². The van der Waals surface area contributed by atoms with Gasteiger partial charge in [-0.3, -0.25) is 0 Å². The van der Waals surface area contributed by atoms with Crippen molar-refractivity contribution in [2.75, 3.05) is 26.4 Å². The van der Waals surface area contributed by atoms with Crippen LogP contribution in [0.3, 0.4) is 0 Å². The highest BCUT2D eigenvalue weighted by atomic mass is 16.7. The fourth-order valence-electron chi connectivity index (χ4n) is 3.84. The van der Waals surface area contributed by atoms with Gasteiger partial charge in [0.25, 0.3) is 0 Å². The highest BCUT2D eigenvalue weighted by Gasteiger charge is 2.38. The van der Waals surface area contributed by atoms with Gasteiger partial charge in [0, 0.05) is 25.4 Å². The van der Waals surface area contributed by atoms with Gasteiger partial charge in [-0.2, -0.15) is 0 Å². The second-order valence-corrected chi connectivity index (χ2v) is 7.33. The van der Waals surface area contributed by atoms with Crippen LogP contribution in [0.1, 0.15) is 43.2 Å². The third kappa shape index (κ3) is 4.94. The Morgan fingerprint density at radius 2 is 1.92 bits per heavy atom. The number of ether oxygens (including phenoxy) is 3. The molecule has 1 spiro atoms. The topological polar surface area (TPSA) is 60.0 Å². The predicted octanol–water partition coefficient (Wildman–Crippen LogP) is 2.71. The Hall–Kier alpha value is -1.14. The van der Waals surface area contributed by atoms with Gasteiger partial charge < -0.3 is 24.6 Å². The molecule has 2 N–H and O–H groups in total. The Bertz CT molecular complexity index is 536. The van der Waals surface area contributed by atoms with E-state index in [4.69, 9.17) is 14.2 Å². The van der Waals surface area contributed by atoms with E-state index in [1.807, 2.05) is 32.0 Å². The van der Waals surface area contributed by atoms with Gasteiger partial charge in [0.05, 0.1) is 13.2 Å². The molecule has 0 amide bonds. The summed E-state index contributed by atoms with van der Waals surface area (Å²) in [4.78, 5) is 0. The SMILES string of the molecule is Cc1cccc(C)c1OCC(O)CNC1CCCC2(CC1)OCCO2. The third-order valence-corrected chi connectivity index (χ3v) is 5.27. The maximum atomic E-state index is 10.3. The minimum atomic E-state index is -0.518. The Morgan fingerprint density at radius 3 is 2.64 bits per heavy atom. The second kappa shape index (κ2) is 8.49. The van der Waals surface area contributed by atoms with Gasteiger partial charge >= 0.3 is 0 Å². The largest absolute Gasteiger partial charge is 0.490 e. The van der Waals surface area contributed by atoms with Crippen LogP contribution < -0.4 is 10.1 Å². The standard InChI is InChI=1S/C20H31NO4/c1-15-5-3-6-16(2)19(15)23-14-18(22)13-21-17-7-4-9-20(10-8-17)24-11-12-25-20/h3,5-6,17-18,21-22H,4,7-14H2,1-2H3. The summed E-state index contributed by atoms with van der Waals surface area (Å²) in [5.74, 6) is 0.550. The van der Waals surface area contributed by atoms with Crippen molar-refractivity contribution in [2.45, 2.75) is 63.9 Å². The summed E-state index contributed by atoms with van der Waals surface area (Å²) in [5, 5.41) is 13.8. The van der Waals surface area contributed by atoms with Crippen LogP contribution in [0.4, 0.5) is 0 Å². The molecular weight excluding hydrogens is 318 g/mol. The summed E-state index contributed by atoms with van der Waals surface area (Å²) in [6.45, 7) is 6.34. The molecule has 1 aliphatic heterocycles. The third-order valence-electron chi connectivity index (χ3n) is 5.27. The first kappa shape index (κ1) is 18.6. The van der Waals surface area contributed by atoms with Crippen molar-refractivity contribution in [1.29, 1.82) is 0 Å². The normalized spacial score (nSPS) is 24.2. The van der Waals surface area contributed by atoms with Crippen LogP contribution >= 0.6 is 0 Å². The van der Waals surface area contributed by atoms with Gasteiger partial charge in [-0.1, -0.05) is 18.2 Å². The predicted molar refractivity (Wildman–Crippen MR) is 96.9 cm³/mol. The molecule has 25 heavy (non-hydrogen) atoms. The molecule has 2 fully saturated rings. The molecule has 1 aromatic rings. The van der Waals surface area contributed by atoms with Crippen molar-refractivity contribution in [3.05, 3.63) is 29.3 Å². The van der Waals surface area contributed by atoms with Crippen LogP contribution in [-0.4, -0.2) is 49.4 Å². The number of aliphatic hydroxyl groups is 1. The Balaban J connectivity index is 1.41. The van der Waals surface area contributed by atoms with E-state index in [2.05, 4.69) is 5.32 Å². The van der Waals surface area contributed by atoms with Crippen LogP contribution in [0.15, 0.2) is 18.2 Å². The Morgan fingerprint density at radius 1 is 1.20 bits per heavy atom. The minimum absolute atomic E-state index is 0.307. The van der Waals surface area contributed by atoms with Crippen LogP contribution in [0.2, 0.25) is 0 Å². The average Bonchev–Trinajstić information content (AvgIpc) is 2.95. The van der Waals surface area contributed by atoms with Crippen molar-refractivity contribution in [3.8, 4) is 5.75 Å². The van der Waals surface area contributed by atoms with E-state index >= 15 is 0 Å². The number of para-hydroxylation sites is 1. The smallest absolute Gasteiger partial charge is 0.168 e. The van der Waals surface area contributed by atoms with Crippen molar-refractivity contribution < 1.29 is 19.3 Å². The van der Waals surface area contributed by atoms with Crippen LogP contribution in [0, 0.1) is 13.8 Å². The molecule has 2 aliphatic rings. The van der Waals surface area contributed by atoms with Crippen LogP contribution in [0.25, 0.3) is 0 Å². The Kier molecular flexibility index (Phi) is 6.34. The number of aliphatic hydroxyl groups excluding tert-OH is 1. The number of hydrogen-bond donors (Lipinski definition) is 2. The summed E-state index contributed by atoms with van der Waals surface area (Å²) in [5.41, 5.74) is 2.21. The van der Waals surface area contributed by atoms with Crippen LogP contribution in [-0.2, 0) is 9.47 Å². The van der Waals surface area contributed by atoms with E-state index in [0.29, 0.717) is 32.4 Å². The van der Waals surface area contributed by atoms with Gasteiger partial charge in [0.1, 0.15) is 18.5 Å². The fourth-order valence-corrected chi connectivity index (χ4v) is 3.84. The minimum Gasteiger partial charge on any atom is -0.490 e. The molecule has 0 bridgehead atoms. The van der Waals surface area contributed by atoms with Gasteiger partial charge in [-0.15, -0.1) is 0 Å². The molecule has 1 heterocycles. The summed E-state index contributed by atoms with van der Waals surface area (Å²) < 4.78 is 17.5. The van der Waals surface area contributed by atoms with E-state index < -0.39 is 6.10 Å². The quantitative estimate of drug-likeness (QED) is 0.827. The first-order chi connectivity index (χ1) is 12.1. The highest BCUT2D eigenvalue weighted by Crippen LogP contribution is 2.34. The molecule has 1 saturated carbocycles. The lowest BCUT2D eigenvalue weighted by atomic mass is 10.1. The first-order valence-corrected chi connectivity index (χ1v) is 9.46. The van der Waals surface area contributed by atoms with Crippen molar-refractivity contribution in [3.63, 3.8) is 0 Å². The van der Waals surface area contributed by atoms with Crippen molar-refractivity contribution in [1.82, 2.24) is 5.32 Å². The molecule has 1 saturated heterocycles. The summed E-state index contributed by atoms with van der Waals surface area (Å²) in [7, 11) is 0. The maximum absolute atomic E-state index is 10.3. The molecule has 1 aliphatic carbocycles. The molecule has 140 valence electrons. The first-order valence-electron chi connectivity index (χ1n) is 9.46. The maximum Gasteiger partial charge on any atom is 0.168 e. The molecule has 2 atom stereocenters. The monoisotopic (exact) mass is 349 g/mol. The number of hydrogen-bond acceptors (Lipinski definition) is 5. The Labute approximate surface area is 150 Å². The molecule has 5 nitrogen and oxygen atoms in total. The zero-order valence-electron chi connectivity index (χ0n) is 15.4. The van der Waals surface area contributed by atoms with Crippen LogP contribution in [0.5, 0.6) is 5.75 Å². The lowest BCUT2D eigenvalue weighted by Gasteiger charge is -2.25. The van der Waals surface area contributed by atoms with Crippen molar-refractivity contribution >= 4 is 0 Å². The summed E-state index contributed by atoms with van der Waals surface area (Å²) in [6.07, 6.45) is 4.59. The molecule has 5 heteroatoms. The molecule has 1 aromatic carbocycles. The molecule has 0 aromatic heterocycles. The van der Waals surface area contributed by atoms with Crippen molar-refractivity contribution in [2.24, 2.45) is 0 Å². The molecule has 3 rings (SSSR count). The van der Waals surface area contributed by atoms with Gasteiger partial charge in [0.2, 0.25) is 0 Å². The van der Waals surface area contributed by atoms with Gasteiger partial charge in [-0.25, -0.2) is 0 Å². The average molecular weight is 349 g/mol. The number of rotatable bonds is 6. The van der Waals surface area contributed by atoms with Gasteiger partial charge in [0.15, 0.2) is 5.79 Å². The molecule has 0 radical (unpaired) electrons. The van der Waals surface area contributed by atoms with E-state index in [0.717, 1.165) is 49.0 Å². The van der Waals surface area contributed by atoms with E-state index in [1.54, 1.807) is 0 Å². The fraction of sp³-hybridized carbons (Fsp3) is 0.700. The lowest BCUT2D eigenvalue weighted by molar-refractivity contribution is -0.165. The zero-order valence-corrected chi connectivity index (χ0v) is 15.4. The second-order valence-electron chi connectivity index (χ2n) is 7.33.